The third kappa shape index (κ3) is 2.60. The van der Waals surface area contributed by atoms with Gasteiger partial charge in [0, 0.05) is 23.0 Å². The van der Waals surface area contributed by atoms with Gasteiger partial charge in [-0.05, 0) is 51.8 Å². The van der Waals surface area contributed by atoms with Crippen molar-refractivity contribution in [2.75, 3.05) is 13.1 Å². The number of nitrogens with zero attached hydrogens (tertiary/aromatic N) is 1. The number of H-pyrrole nitrogens is 1. The minimum atomic E-state index is 0.0766. The highest BCUT2D eigenvalue weighted by atomic mass is 32.1. The van der Waals surface area contributed by atoms with Crippen molar-refractivity contribution in [3.8, 4) is 0 Å². The third-order valence-electron chi connectivity index (χ3n) is 4.41. The molecule has 1 aliphatic heterocycles. The Morgan fingerprint density at radius 2 is 2.19 bits per heavy atom. The number of nitrogens with one attached hydrogen (secondary N) is 2. The number of aromatic amines is 1. The summed E-state index contributed by atoms with van der Waals surface area (Å²) >= 11 is 1.80. The van der Waals surface area contributed by atoms with Gasteiger partial charge in [0.15, 0.2) is 0 Å². The summed E-state index contributed by atoms with van der Waals surface area (Å²) in [6, 6.07) is 2.56. The van der Waals surface area contributed by atoms with Crippen LogP contribution < -0.4 is 5.32 Å². The SMILES string of the molecule is Cc1cc2[nH]c(C(=O)NC3CC3)c(CN3CCCC3)c2s1. The molecular weight excluding hydrogens is 282 g/mol. The summed E-state index contributed by atoms with van der Waals surface area (Å²) in [4.78, 5) is 19.6. The zero-order valence-corrected chi connectivity index (χ0v) is 13.2. The predicted octanol–water partition coefficient (Wildman–Crippen LogP) is 3.03. The number of carbonyl (C=O) groups is 1. The molecule has 1 amide bonds. The Morgan fingerprint density at radius 1 is 1.43 bits per heavy atom. The molecule has 0 aromatic carbocycles. The van der Waals surface area contributed by atoms with Gasteiger partial charge in [-0.15, -0.1) is 11.3 Å². The van der Waals surface area contributed by atoms with E-state index < -0.39 is 0 Å². The van der Waals surface area contributed by atoms with Crippen LogP contribution in [0.4, 0.5) is 0 Å². The molecule has 21 heavy (non-hydrogen) atoms. The average molecular weight is 303 g/mol. The molecule has 4 nitrogen and oxygen atoms in total. The maximum Gasteiger partial charge on any atom is 0.268 e. The van der Waals surface area contributed by atoms with Gasteiger partial charge in [-0.3, -0.25) is 9.69 Å². The molecule has 112 valence electrons. The van der Waals surface area contributed by atoms with Crippen molar-refractivity contribution in [3.05, 3.63) is 22.2 Å². The molecule has 0 spiro atoms. The maximum absolute atomic E-state index is 12.5. The van der Waals surface area contributed by atoms with Crippen LogP contribution in [0.2, 0.25) is 0 Å². The third-order valence-corrected chi connectivity index (χ3v) is 5.52. The first-order chi connectivity index (χ1) is 10.2. The van der Waals surface area contributed by atoms with E-state index in [0.29, 0.717) is 6.04 Å². The lowest BCUT2D eigenvalue weighted by Crippen LogP contribution is -2.28. The van der Waals surface area contributed by atoms with Crippen LogP contribution in [0, 0.1) is 6.92 Å². The number of carbonyl (C=O) groups excluding carboxylic acids is 1. The second-order valence-corrected chi connectivity index (χ2v) is 7.57. The first-order valence-electron chi connectivity index (χ1n) is 7.85. The minimum absolute atomic E-state index is 0.0766. The van der Waals surface area contributed by atoms with E-state index in [4.69, 9.17) is 0 Å². The van der Waals surface area contributed by atoms with Gasteiger partial charge in [0.05, 0.1) is 10.2 Å². The lowest BCUT2D eigenvalue weighted by Gasteiger charge is -2.15. The molecule has 1 saturated heterocycles. The lowest BCUT2D eigenvalue weighted by atomic mass is 10.2. The molecule has 2 N–H and O–H groups in total. The van der Waals surface area contributed by atoms with E-state index >= 15 is 0 Å². The molecule has 3 heterocycles. The smallest absolute Gasteiger partial charge is 0.268 e. The van der Waals surface area contributed by atoms with Crippen LogP contribution in [-0.2, 0) is 6.54 Å². The number of amides is 1. The van der Waals surface area contributed by atoms with Crippen molar-refractivity contribution in [1.82, 2.24) is 15.2 Å². The molecule has 2 aliphatic rings. The molecule has 0 radical (unpaired) electrons. The zero-order valence-electron chi connectivity index (χ0n) is 12.4. The van der Waals surface area contributed by atoms with Crippen molar-refractivity contribution in [3.63, 3.8) is 0 Å². The summed E-state index contributed by atoms with van der Waals surface area (Å²) in [6.07, 6.45) is 4.81. The summed E-state index contributed by atoms with van der Waals surface area (Å²) in [7, 11) is 0. The van der Waals surface area contributed by atoms with Crippen molar-refractivity contribution >= 4 is 27.5 Å². The second-order valence-electron chi connectivity index (χ2n) is 6.31. The Bertz CT molecular complexity index is 677. The quantitative estimate of drug-likeness (QED) is 0.912. The van der Waals surface area contributed by atoms with Crippen molar-refractivity contribution in [1.29, 1.82) is 0 Å². The average Bonchev–Trinajstić information content (AvgIpc) is 2.86. The minimum Gasteiger partial charge on any atom is -0.350 e. The summed E-state index contributed by atoms with van der Waals surface area (Å²) in [6.45, 7) is 5.33. The largest absolute Gasteiger partial charge is 0.350 e. The number of fused-ring (bicyclic) bond motifs is 1. The van der Waals surface area contributed by atoms with Crippen molar-refractivity contribution < 1.29 is 4.79 Å². The molecule has 2 aromatic rings. The summed E-state index contributed by atoms with van der Waals surface area (Å²) < 4.78 is 1.26. The van der Waals surface area contributed by atoms with E-state index in [9.17, 15) is 4.79 Å². The summed E-state index contributed by atoms with van der Waals surface area (Å²) in [5.41, 5.74) is 3.10. The van der Waals surface area contributed by atoms with Crippen LogP contribution in [0.25, 0.3) is 10.2 Å². The monoisotopic (exact) mass is 303 g/mol. The number of aromatic nitrogens is 1. The molecule has 1 saturated carbocycles. The Morgan fingerprint density at radius 3 is 2.90 bits per heavy atom. The molecule has 0 unspecified atom stereocenters. The molecule has 4 rings (SSSR count). The number of thiophene rings is 1. The topological polar surface area (TPSA) is 48.1 Å². The van der Waals surface area contributed by atoms with Crippen molar-refractivity contribution in [2.45, 2.75) is 45.2 Å². The molecule has 0 atom stereocenters. The zero-order chi connectivity index (χ0) is 14.4. The van der Waals surface area contributed by atoms with E-state index in [1.54, 1.807) is 11.3 Å². The molecular formula is C16H21N3OS. The van der Waals surface area contributed by atoms with Crippen LogP contribution in [0.5, 0.6) is 0 Å². The van der Waals surface area contributed by atoms with Gasteiger partial charge in [0.25, 0.3) is 5.91 Å². The van der Waals surface area contributed by atoms with Gasteiger partial charge in [-0.25, -0.2) is 0 Å². The Hall–Kier alpha value is -1.33. The normalized spacial score (nSPS) is 19.5. The highest BCUT2D eigenvalue weighted by Gasteiger charge is 2.27. The highest BCUT2D eigenvalue weighted by molar-refractivity contribution is 7.19. The van der Waals surface area contributed by atoms with E-state index in [1.165, 1.54) is 28.0 Å². The van der Waals surface area contributed by atoms with Crippen LogP contribution in [0.1, 0.15) is 46.6 Å². The van der Waals surface area contributed by atoms with Crippen LogP contribution in [0.15, 0.2) is 6.07 Å². The van der Waals surface area contributed by atoms with Gasteiger partial charge in [0.1, 0.15) is 5.69 Å². The number of aryl methyl sites for hydroxylation is 1. The Labute approximate surface area is 128 Å². The lowest BCUT2D eigenvalue weighted by molar-refractivity contribution is 0.0945. The van der Waals surface area contributed by atoms with E-state index in [0.717, 1.165) is 43.7 Å². The first-order valence-corrected chi connectivity index (χ1v) is 8.66. The van der Waals surface area contributed by atoms with E-state index in [-0.39, 0.29) is 5.91 Å². The fourth-order valence-electron chi connectivity index (χ4n) is 3.15. The van der Waals surface area contributed by atoms with Gasteiger partial charge < -0.3 is 10.3 Å². The molecule has 1 aliphatic carbocycles. The van der Waals surface area contributed by atoms with E-state index in [2.05, 4.69) is 28.2 Å². The Kier molecular flexibility index (Phi) is 3.27. The molecule has 2 fully saturated rings. The number of hydrogen-bond donors (Lipinski definition) is 2. The number of likely N-dealkylation sites (tertiary alicyclic amines) is 1. The molecule has 2 aromatic heterocycles. The molecule has 0 bridgehead atoms. The fourth-order valence-corrected chi connectivity index (χ4v) is 4.16. The van der Waals surface area contributed by atoms with Gasteiger partial charge in [0.2, 0.25) is 0 Å². The predicted molar refractivity (Wildman–Crippen MR) is 85.9 cm³/mol. The second kappa shape index (κ2) is 5.14. The Balaban J connectivity index is 1.69. The number of hydrogen-bond acceptors (Lipinski definition) is 3. The van der Waals surface area contributed by atoms with Crippen molar-refractivity contribution in [2.24, 2.45) is 0 Å². The summed E-state index contributed by atoms with van der Waals surface area (Å²) in [5.74, 6) is 0.0766. The van der Waals surface area contributed by atoms with Crippen LogP contribution >= 0.6 is 11.3 Å². The number of rotatable bonds is 4. The maximum atomic E-state index is 12.5. The molecule has 5 heteroatoms. The first kappa shape index (κ1) is 13.3. The standard InChI is InChI=1S/C16H21N3OS/c1-10-8-13-15(21-10)12(9-19-6-2-3-7-19)14(18-13)16(20)17-11-4-5-11/h8,11,18H,2-7,9H2,1H3,(H,17,20). The van der Waals surface area contributed by atoms with Gasteiger partial charge in [-0.2, -0.15) is 0 Å². The summed E-state index contributed by atoms with van der Waals surface area (Å²) in [5, 5.41) is 3.12. The van der Waals surface area contributed by atoms with Crippen LogP contribution in [-0.4, -0.2) is 34.9 Å². The highest BCUT2D eigenvalue weighted by Crippen LogP contribution is 2.32. The van der Waals surface area contributed by atoms with Crippen LogP contribution in [0.3, 0.4) is 0 Å². The van der Waals surface area contributed by atoms with Gasteiger partial charge in [-0.1, -0.05) is 0 Å². The fraction of sp³-hybridized carbons (Fsp3) is 0.562. The van der Waals surface area contributed by atoms with E-state index in [1.807, 2.05) is 0 Å². The van der Waals surface area contributed by atoms with Gasteiger partial charge >= 0.3 is 0 Å².